The van der Waals surface area contributed by atoms with E-state index < -0.39 is 5.54 Å². The summed E-state index contributed by atoms with van der Waals surface area (Å²) in [5.41, 5.74) is 6.56. The third-order valence-electron chi connectivity index (χ3n) is 5.03. The lowest BCUT2D eigenvalue weighted by Gasteiger charge is -2.19. The lowest BCUT2D eigenvalue weighted by Crippen LogP contribution is -2.42. The first kappa shape index (κ1) is 22.6. The SMILES string of the molecule is CCCOc1ccc(-c2nc(-c3ccc4oc(C(N)(CN=O)CN=O)cc4c3)no2)cc1Cl. The third kappa shape index (κ3) is 4.62. The number of nitrogens with zero attached hydrogens (tertiary/aromatic N) is 4. The highest BCUT2D eigenvalue weighted by Crippen LogP contribution is 2.33. The molecule has 4 aromatic rings. The molecule has 2 aromatic carbocycles. The molecule has 0 bridgehead atoms. The fourth-order valence-electron chi connectivity index (χ4n) is 3.28. The molecule has 10 nitrogen and oxygen atoms in total. The fourth-order valence-corrected chi connectivity index (χ4v) is 3.52. The summed E-state index contributed by atoms with van der Waals surface area (Å²) in [6.45, 7) is 1.90. The normalized spacial score (nSPS) is 11.6. The number of nitroso groups, excluding NO2 is 2. The molecule has 11 heteroatoms. The van der Waals surface area contributed by atoms with E-state index in [-0.39, 0.29) is 18.8 Å². The smallest absolute Gasteiger partial charge is 0.258 e. The van der Waals surface area contributed by atoms with Crippen LogP contribution in [0.4, 0.5) is 0 Å². The predicted molar refractivity (Wildman–Crippen MR) is 123 cm³/mol. The highest BCUT2D eigenvalue weighted by atomic mass is 35.5. The Morgan fingerprint density at radius 2 is 1.85 bits per heavy atom. The summed E-state index contributed by atoms with van der Waals surface area (Å²) in [4.78, 5) is 26.0. The van der Waals surface area contributed by atoms with Gasteiger partial charge in [0, 0.05) is 16.5 Å². The monoisotopic (exact) mass is 469 g/mol. The van der Waals surface area contributed by atoms with Crippen LogP contribution in [0.25, 0.3) is 33.8 Å². The largest absolute Gasteiger partial charge is 0.492 e. The van der Waals surface area contributed by atoms with Crippen molar-refractivity contribution >= 4 is 22.6 Å². The molecule has 0 unspecified atom stereocenters. The Balaban J connectivity index is 1.62. The molecule has 0 amide bonds. The Bertz CT molecular complexity index is 1290. The average molecular weight is 470 g/mol. The summed E-state index contributed by atoms with van der Waals surface area (Å²) in [6, 6.07) is 12.2. The van der Waals surface area contributed by atoms with Gasteiger partial charge in [-0.1, -0.05) is 34.0 Å². The molecular formula is C22H20ClN5O5. The van der Waals surface area contributed by atoms with Crippen LogP contribution in [0.15, 0.2) is 61.8 Å². The van der Waals surface area contributed by atoms with Crippen molar-refractivity contribution in [3.63, 3.8) is 0 Å². The van der Waals surface area contributed by atoms with Crippen LogP contribution in [-0.4, -0.2) is 29.8 Å². The van der Waals surface area contributed by atoms with Crippen LogP contribution >= 0.6 is 11.6 Å². The van der Waals surface area contributed by atoms with Gasteiger partial charge >= 0.3 is 0 Å². The van der Waals surface area contributed by atoms with Crippen molar-refractivity contribution in [3.05, 3.63) is 63.1 Å². The lowest BCUT2D eigenvalue weighted by molar-refractivity contribution is 0.317. The van der Waals surface area contributed by atoms with E-state index in [0.29, 0.717) is 51.2 Å². The lowest BCUT2D eigenvalue weighted by atomic mass is 9.97. The molecule has 2 N–H and O–H groups in total. The molecule has 0 saturated carbocycles. The maximum absolute atomic E-state index is 10.8. The molecule has 0 spiro atoms. The van der Waals surface area contributed by atoms with Gasteiger partial charge in [-0.2, -0.15) is 14.8 Å². The summed E-state index contributed by atoms with van der Waals surface area (Å²) in [6.07, 6.45) is 0.877. The molecule has 0 aliphatic rings. The van der Waals surface area contributed by atoms with Crippen molar-refractivity contribution in [1.82, 2.24) is 10.1 Å². The first-order valence-electron chi connectivity index (χ1n) is 10.2. The second kappa shape index (κ2) is 9.47. The van der Waals surface area contributed by atoms with E-state index in [1.54, 1.807) is 42.5 Å². The van der Waals surface area contributed by atoms with E-state index in [9.17, 15) is 9.81 Å². The molecule has 4 rings (SSSR count). The van der Waals surface area contributed by atoms with E-state index in [2.05, 4.69) is 20.5 Å². The number of furan rings is 1. The second-order valence-corrected chi connectivity index (χ2v) is 7.92. The number of fused-ring (bicyclic) bond motifs is 1. The van der Waals surface area contributed by atoms with Crippen LogP contribution in [0.5, 0.6) is 5.75 Å². The molecule has 33 heavy (non-hydrogen) atoms. The Morgan fingerprint density at radius 3 is 2.55 bits per heavy atom. The molecular weight excluding hydrogens is 450 g/mol. The van der Waals surface area contributed by atoms with Gasteiger partial charge in [-0.05, 0) is 48.9 Å². The minimum Gasteiger partial charge on any atom is -0.492 e. The number of aromatic nitrogens is 2. The van der Waals surface area contributed by atoms with Gasteiger partial charge in [0.05, 0.1) is 11.6 Å². The van der Waals surface area contributed by atoms with Crippen LogP contribution in [-0.2, 0) is 5.54 Å². The minimum atomic E-state index is -1.41. The zero-order valence-corrected chi connectivity index (χ0v) is 18.4. The van der Waals surface area contributed by atoms with Crippen LogP contribution in [0.1, 0.15) is 19.1 Å². The molecule has 0 atom stereocenters. The van der Waals surface area contributed by atoms with Gasteiger partial charge in [0.2, 0.25) is 5.82 Å². The second-order valence-electron chi connectivity index (χ2n) is 7.51. The number of hydrogen-bond acceptors (Lipinski definition) is 10. The zero-order chi connectivity index (χ0) is 23.4. The van der Waals surface area contributed by atoms with E-state index in [0.717, 1.165) is 6.42 Å². The Morgan fingerprint density at radius 1 is 1.09 bits per heavy atom. The summed E-state index contributed by atoms with van der Waals surface area (Å²) in [7, 11) is 0. The van der Waals surface area contributed by atoms with Gasteiger partial charge in [-0.25, -0.2) is 0 Å². The van der Waals surface area contributed by atoms with E-state index >= 15 is 0 Å². The van der Waals surface area contributed by atoms with E-state index in [4.69, 9.17) is 31.0 Å². The van der Waals surface area contributed by atoms with Crippen molar-refractivity contribution in [1.29, 1.82) is 0 Å². The highest BCUT2D eigenvalue weighted by molar-refractivity contribution is 6.32. The molecule has 2 heterocycles. The summed E-state index contributed by atoms with van der Waals surface area (Å²) < 4.78 is 16.7. The molecule has 0 radical (unpaired) electrons. The van der Waals surface area contributed by atoms with E-state index in [1.165, 1.54) is 0 Å². The molecule has 0 aliphatic heterocycles. The number of rotatable bonds is 10. The number of halogens is 1. The zero-order valence-electron chi connectivity index (χ0n) is 17.7. The highest BCUT2D eigenvalue weighted by Gasteiger charge is 2.33. The molecule has 0 fully saturated rings. The number of nitrogens with two attached hydrogens (primary N) is 1. The number of benzene rings is 2. The maximum Gasteiger partial charge on any atom is 0.258 e. The van der Waals surface area contributed by atoms with Gasteiger partial charge in [-0.3, -0.25) is 0 Å². The van der Waals surface area contributed by atoms with Crippen molar-refractivity contribution in [2.75, 3.05) is 19.7 Å². The Labute approximate surface area is 193 Å². The standard InChI is InChI=1S/C22H20ClN5O5/c1-2-7-31-18-6-4-14(9-16(18)23)21-27-20(28-33-21)13-3-5-17-15(8-13)10-19(32-17)22(24,11-25-29)12-26-30/h3-6,8-10H,2,7,11-12,24H2,1H3. The molecule has 0 saturated heterocycles. The fraction of sp³-hybridized carbons (Fsp3) is 0.273. The van der Waals surface area contributed by atoms with Crippen LogP contribution in [0.2, 0.25) is 5.02 Å². The number of hydrogen-bond donors (Lipinski definition) is 1. The van der Waals surface area contributed by atoms with E-state index in [1.807, 2.05) is 6.92 Å². The Kier molecular flexibility index (Phi) is 6.47. The quantitative estimate of drug-likeness (QED) is 0.308. The van der Waals surface area contributed by atoms with Crippen molar-refractivity contribution < 1.29 is 13.7 Å². The summed E-state index contributed by atoms with van der Waals surface area (Å²) in [5.74, 6) is 1.49. The first-order valence-corrected chi connectivity index (χ1v) is 10.5. The predicted octanol–water partition coefficient (Wildman–Crippen LogP) is 5.28. The summed E-state index contributed by atoms with van der Waals surface area (Å²) >= 11 is 6.30. The van der Waals surface area contributed by atoms with Crippen molar-refractivity contribution in [3.8, 4) is 28.6 Å². The average Bonchev–Trinajstić information content (AvgIpc) is 3.46. The van der Waals surface area contributed by atoms with Gasteiger partial charge < -0.3 is 19.4 Å². The number of ether oxygens (including phenoxy) is 1. The van der Waals surface area contributed by atoms with Gasteiger partial charge in [0.1, 0.15) is 35.7 Å². The van der Waals surface area contributed by atoms with Gasteiger partial charge in [0.15, 0.2) is 0 Å². The first-order chi connectivity index (χ1) is 16.0. The minimum absolute atomic E-state index is 0.239. The van der Waals surface area contributed by atoms with Crippen LogP contribution < -0.4 is 10.5 Å². The molecule has 0 aliphatic carbocycles. The topological polar surface area (TPSA) is 146 Å². The van der Waals surface area contributed by atoms with Gasteiger partial charge in [0.25, 0.3) is 5.89 Å². The van der Waals surface area contributed by atoms with Crippen LogP contribution in [0.3, 0.4) is 0 Å². The summed E-state index contributed by atoms with van der Waals surface area (Å²) in [5, 5.41) is 10.8. The van der Waals surface area contributed by atoms with Crippen molar-refractivity contribution in [2.45, 2.75) is 18.9 Å². The molecule has 2 aromatic heterocycles. The van der Waals surface area contributed by atoms with Crippen molar-refractivity contribution in [2.24, 2.45) is 16.1 Å². The molecule has 170 valence electrons. The van der Waals surface area contributed by atoms with Crippen LogP contribution in [0, 0.1) is 9.81 Å². The Hall–Kier alpha value is -3.63. The maximum atomic E-state index is 10.8. The van der Waals surface area contributed by atoms with Gasteiger partial charge in [-0.15, -0.1) is 0 Å². The third-order valence-corrected chi connectivity index (χ3v) is 5.32.